The van der Waals surface area contributed by atoms with Crippen molar-refractivity contribution >= 4 is 10.0 Å². The van der Waals surface area contributed by atoms with E-state index >= 15 is 0 Å². The Labute approximate surface area is 130 Å². The minimum Gasteiger partial charge on any atom is -0.360 e. The molecule has 1 heterocycles. The molecule has 0 amide bonds. The highest BCUT2D eigenvalue weighted by Gasteiger charge is 2.26. The summed E-state index contributed by atoms with van der Waals surface area (Å²) in [6.45, 7) is 5.09. The lowest BCUT2D eigenvalue weighted by molar-refractivity contribution is 0.390. The van der Waals surface area contributed by atoms with Crippen molar-refractivity contribution in [2.75, 3.05) is 0 Å². The standard InChI is InChI=1S/C16H20N2O3S/c1-10(14-8-7-13-5-4-6-15(13)9-14)18-22(19,20)16-11(2)17-21-12(16)3/h7-10,18H,4-6H2,1-3H3/t10-/m1/s1. The van der Waals surface area contributed by atoms with Gasteiger partial charge in [0.15, 0.2) is 5.76 Å². The first-order chi connectivity index (χ1) is 10.4. The lowest BCUT2D eigenvalue weighted by Gasteiger charge is -2.15. The van der Waals surface area contributed by atoms with E-state index in [2.05, 4.69) is 22.0 Å². The molecule has 0 unspecified atom stereocenters. The Balaban J connectivity index is 1.86. The van der Waals surface area contributed by atoms with Crippen LogP contribution in [0.25, 0.3) is 0 Å². The van der Waals surface area contributed by atoms with E-state index in [4.69, 9.17) is 4.52 Å². The van der Waals surface area contributed by atoms with Gasteiger partial charge in [-0.3, -0.25) is 0 Å². The van der Waals surface area contributed by atoms with E-state index < -0.39 is 10.0 Å². The molecule has 1 aromatic heterocycles. The number of aryl methyl sites for hydroxylation is 4. The van der Waals surface area contributed by atoms with Crippen LogP contribution < -0.4 is 4.72 Å². The van der Waals surface area contributed by atoms with Crippen LogP contribution in [0.1, 0.15) is 47.5 Å². The fourth-order valence-electron chi connectivity index (χ4n) is 3.08. The minimum absolute atomic E-state index is 0.139. The van der Waals surface area contributed by atoms with Crippen LogP contribution in [0.2, 0.25) is 0 Å². The first kappa shape index (κ1) is 15.2. The fourth-order valence-corrected chi connectivity index (χ4v) is 4.64. The predicted molar refractivity (Wildman–Crippen MR) is 83.2 cm³/mol. The molecule has 0 radical (unpaired) electrons. The SMILES string of the molecule is Cc1noc(C)c1S(=O)(=O)N[C@H](C)c1ccc2c(c1)CCC2. The van der Waals surface area contributed by atoms with Crippen LogP contribution in [0.3, 0.4) is 0 Å². The Bertz CT molecular complexity index is 789. The molecule has 2 aromatic rings. The molecule has 0 saturated heterocycles. The van der Waals surface area contributed by atoms with Gasteiger partial charge in [-0.15, -0.1) is 0 Å². The maximum atomic E-state index is 12.5. The molecule has 0 aliphatic heterocycles. The first-order valence-electron chi connectivity index (χ1n) is 7.45. The molecule has 3 rings (SSSR count). The van der Waals surface area contributed by atoms with Crippen molar-refractivity contribution in [2.45, 2.75) is 51.0 Å². The van der Waals surface area contributed by atoms with Gasteiger partial charge in [0.1, 0.15) is 10.6 Å². The zero-order chi connectivity index (χ0) is 15.9. The van der Waals surface area contributed by atoms with Crippen molar-refractivity contribution in [3.63, 3.8) is 0 Å². The summed E-state index contributed by atoms with van der Waals surface area (Å²) >= 11 is 0. The largest absolute Gasteiger partial charge is 0.360 e. The van der Waals surface area contributed by atoms with Crippen LogP contribution in [-0.4, -0.2) is 13.6 Å². The van der Waals surface area contributed by atoms with Crippen molar-refractivity contribution in [2.24, 2.45) is 0 Å². The third kappa shape index (κ3) is 2.68. The van der Waals surface area contributed by atoms with Gasteiger partial charge < -0.3 is 4.52 Å². The molecule has 0 spiro atoms. The maximum Gasteiger partial charge on any atom is 0.246 e. The van der Waals surface area contributed by atoms with Gasteiger partial charge in [0.05, 0.1) is 0 Å². The molecule has 22 heavy (non-hydrogen) atoms. The maximum absolute atomic E-state index is 12.5. The summed E-state index contributed by atoms with van der Waals surface area (Å²) in [5, 5.41) is 3.72. The third-order valence-corrected chi connectivity index (χ3v) is 5.98. The predicted octanol–water partition coefficient (Wildman–Crippen LogP) is 2.82. The molecule has 1 N–H and O–H groups in total. The highest BCUT2D eigenvalue weighted by atomic mass is 32.2. The average molecular weight is 320 g/mol. The second-order valence-electron chi connectivity index (χ2n) is 5.88. The Morgan fingerprint density at radius 1 is 1.23 bits per heavy atom. The van der Waals surface area contributed by atoms with Crippen LogP contribution >= 0.6 is 0 Å². The summed E-state index contributed by atoms with van der Waals surface area (Å²) in [5.74, 6) is 0.311. The van der Waals surface area contributed by atoms with Gasteiger partial charge in [-0.25, -0.2) is 13.1 Å². The summed E-state index contributed by atoms with van der Waals surface area (Å²) in [7, 11) is -3.65. The number of nitrogens with one attached hydrogen (secondary N) is 1. The molecular formula is C16H20N2O3S. The van der Waals surface area contributed by atoms with E-state index in [0.29, 0.717) is 11.5 Å². The van der Waals surface area contributed by atoms with Gasteiger partial charge in [0.25, 0.3) is 0 Å². The van der Waals surface area contributed by atoms with Gasteiger partial charge in [-0.2, -0.15) is 0 Å². The minimum atomic E-state index is -3.65. The van der Waals surface area contributed by atoms with Gasteiger partial charge in [0.2, 0.25) is 10.0 Å². The van der Waals surface area contributed by atoms with Crippen molar-refractivity contribution in [1.82, 2.24) is 9.88 Å². The average Bonchev–Trinajstić information content (AvgIpc) is 3.04. The van der Waals surface area contributed by atoms with Crippen molar-refractivity contribution in [3.8, 4) is 0 Å². The van der Waals surface area contributed by atoms with Gasteiger partial charge in [-0.1, -0.05) is 23.4 Å². The topological polar surface area (TPSA) is 72.2 Å². The number of nitrogens with zero attached hydrogens (tertiary/aromatic N) is 1. The van der Waals surface area contributed by atoms with Crippen LogP contribution in [0.4, 0.5) is 0 Å². The van der Waals surface area contributed by atoms with Crippen LogP contribution in [0, 0.1) is 13.8 Å². The molecule has 1 atom stereocenters. The number of fused-ring (bicyclic) bond motifs is 1. The molecule has 6 heteroatoms. The summed E-state index contributed by atoms with van der Waals surface area (Å²) in [5.41, 5.74) is 4.08. The molecule has 0 bridgehead atoms. The van der Waals surface area contributed by atoms with Crippen molar-refractivity contribution < 1.29 is 12.9 Å². The van der Waals surface area contributed by atoms with Crippen LogP contribution in [0.15, 0.2) is 27.6 Å². The van der Waals surface area contributed by atoms with Gasteiger partial charge >= 0.3 is 0 Å². The number of hydrogen-bond acceptors (Lipinski definition) is 4. The molecule has 0 saturated carbocycles. The molecule has 5 nitrogen and oxygen atoms in total. The molecule has 118 valence electrons. The molecule has 1 aromatic carbocycles. The highest BCUT2D eigenvalue weighted by molar-refractivity contribution is 7.89. The van der Waals surface area contributed by atoms with Crippen molar-refractivity contribution in [1.29, 1.82) is 0 Å². The number of sulfonamides is 1. The zero-order valence-corrected chi connectivity index (χ0v) is 13.8. The van der Waals surface area contributed by atoms with Gasteiger partial charge in [0, 0.05) is 6.04 Å². The van der Waals surface area contributed by atoms with Crippen LogP contribution in [-0.2, 0) is 22.9 Å². The second kappa shape index (κ2) is 5.52. The Morgan fingerprint density at radius 2 is 1.95 bits per heavy atom. The fraction of sp³-hybridized carbons (Fsp3) is 0.438. The lowest BCUT2D eigenvalue weighted by Crippen LogP contribution is -2.27. The summed E-state index contributed by atoms with van der Waals surface area (Å²) in [6, 6.07) is 5.93. The summed E-state index contributed by atoms with van der Waals surface area (Å²) < 4.78 is 32.8. The van der Waals surface area contributed by atoms with E-state index in [1.807, 2.05) is 13.0 Å². The van der Waals surface area contributed by atoms with E-state index in [0.717, 1.165) is 18.4 Å². The van der Waals surface area contributed by atoms with E-state index in [-0.39, 0.29) is 10.9 Å². The highest BCUT2D eigenvalue weighted by Crippen LogP contribution is 2.27. The molecule has 1 aliphatic rings. The van der Waals surface area contributed by atoms with E-state index in [9.17, 15) is 8.42 Å². The van der Waals surface area contributed by atoms with Gasteiger partial charge in [-0.05, 0) is 56.7 Å². The van der Waals surface area contributed by atoms with E-state index in [1.165, 1.54) is 17.5 Å². The number of rotatable bonds is 4. The Hall–Kier alpha value is -1.66. The van der Waals surface area contributed by atoms with E-state index in [1.54, 1.807) is 13.8 Å². The molecular weight excluding hydrogens is 300 g/mol. The monoisotopic (exact) mass is 320 g/mol. The lowest BCUT2D eigenvalue weighted by atomic mass is 10.0. The Kier molecular flexibility index (Phi) is 3.82. The first-order valence-corrected chi connectivity index (χ1v) is 8.93. The second-order valence-corrected chi connectivity index (χ2v) is 7.53. The summed E-state index contributed by atoms with van der Waals surface area (Å²) in [4.78, 5) is 0.139. The molecule has 1 aliphatic carbocycles. The number of aromatic nitrogens is 1. The summed E-state index contributed by atoms with van der Waals surface area (Å²) in [6.07, 6.45) is 3.37. The zero-order valence-electron chi connectivity index (χ0n) is 13.0. The smallest absolute Gasteiger partial charge is 0.246 e. The molecule has 0 fully saturated rings. The quantitative estimate of drug-likeness (QED) is 0.940. The van der Waals surface area contributed by atoms with Crippen molar-refractivity contribution in [3.05, 3.63) is 46.3 Å². The number of benzene rings is 1. The number of hydrogen-bond donors (Lipinski definition) is 1. The van der Waals surface area contributed by atoms with Crippen LogP contribution in [0.5, 0.6) is 0 Å². The normalized spacial score (nSPS) is 15.8. The third-order valence-electron chi connectivity index (χ3n) is 4.19. The Morgan fingerprint density at radius 3 is 2.64 bits per heavy atom.